The zero-order chi connectivity index (χ0) is 19.9. The van der Waals surface area contributed by atoms with Crippen LogP contribution in [0.5, 0.6) is 0 Å². The van der Waals surface area contributed by atoms with Crippen LogP contribution in [0.1, 0.15) is 21.0 Å². The van der Waals surface area contributed by atoms with Gasteiger partial charge in [-0.2, -0.15) is 0 Å². The minimum Gasteiger partial charge on any atom is -0.459 e. The molecule has 2 amide bonds. The molecule has 0 aromatic carbocycles. The van der Waals surface area contributed by atoms with Gasteiger partial charge in [0.05, 0.1) is 11.2 Å². The van der Waals surface area contributed by atoms with Gasteiger partial charge in [0.1, 0.15) is 12.0 Å². The van der Waals surface area contributed by atoms with Crippen molar-refractivity contribution in [2.24, 2.45) is 0 Å². The Morgan fingerprint density at radius 3 is 2.25 bits per heavy atom. The molecule has 0 aliphatic heterocycles. The molecule has 0 saturated carbocycles. The fourth-order valence-corrected chi connectivity index (χ4v) is 2.00. The maximum absolute atomic E-state index is 12.0. The van der Waals surface area contributed by atoms with E-state index in [1.165, 1.54) is 30.7 Å². The highest BCUT2D eigenvalue weighted by Gasteiger charge is 2.24. The van der Waals surface area contributed by atoms with Crippen LogP contribution in [-0.2, 0) is 0 Å². The van der Waals surface area contributed by atoms with Gasteiger partial charge in [-0.1, -0.05) is 6.07 Å². The number of hydrogen-bond donors (Lipinski definition) is 4. The van der Waals surface area contributed by atoms with Crippen LogP contribution in [0.3, 0.4) is 0 Å². The molecule has 0 aliphatic carbocycles. The highest BCUT2D eigenvalue weighted by atomic mass is 16.6. The average Bonchev–Trinajstić information content (AvgIpc) is 3.25. The SMILES string of the molecule is O=C(NNc1ncnc(NNC(=O)c2ccco2)c1[N+](=O)[O-])c1ccccn1. The van der Waals surface area contributed by atoms with E-state index in [9.17, 15) is 19.7 Å². The van der Waals surface area contributed by atoms with E-state index in [4.69, 9.17) is 4.42 Å². The Bertz CT molecular complexity index is 993. The molecule has 3 heterocycles. The van der Waals surface area contributed by atoms with Gasteiger partial charge in [0, 0.05) is 6.20 Å². The molecule has 3 aromatic heterocycles. The molecule has 0 radical (unpaired) electrons. The van der Waals surface area contributed by atoms with Crippen LogP contribution in [0.15, 0.2) is 53.5 Å². The lowest BCUT2D eigenvalue weighted by molar-refractivity contribution is -0.383. The van der Waals surface area contributed by atoms with E-state index in [1.54, 1.807) is 12.1 Å². The quantitative estimate of drug-likeness (QED) is 0.338. The molecule has 3 rings (SSSR count). The van der Waals surface area contributed by atoms with Crippen LogP contribution in [0.4, 0.5) is 17.3 Å². The summed E-state index contributed by atoms with van der Waals surface area (Å²) in [5, 5.41) is 11.4. The van der Waals surface area contributed by atoms with Crippen molar-refractivity contribution in [3.05, 3.63) is 70.7 Å². The first-order valence-corrected chi connectivity index (χ1v) is 7.63. The second-order valence-corrected chi connectivity index (χ2v) is 5.03. The molecule has 3 aromatic rings. The van der Waals surface area contributed by atoms with Crippen molar-refractivity contribution in [2.45, 2.75) is 0 Å². The molecular weight excluding hydrogens is 372 g/mol. The largest absolute Gasteiger partial charge is 0.459 e. The number of nitrogens with zero attached hydrogens (tertiary/aromatic N) is 4. The number of furan rings is 1. The number of nitro groups is 1. The fraction of sp³-hybridized carbons (Fsp3) is 0. The summed E-state index contributed by atoms with van der Waals surface area (Å²) in [6.07, 6.45) is 3.73. The van der Waals surface area contributed by atoms with Gasteiger partial charge in [0.15, 0.2) is 5.76 Å². The molecule has 0 fully saturated rings. The van der Waals surface area contributed by atoms with Gasteiger partial charge in [0.2, 0.25) is 11.6 Å². The van der Waals surface area contributed by atoms with E-state index in [0.29, 0.717) is 0 Å². The molecule has 142 valence electrons. The van der Waals surface area contributed by atoms with E-state index >= 15 is 0 Å². The van der Waals surface area contributed by atoms with E-state index in [1.807, 2.05) is 0 Å². The third-order valence-corrected chi connectivity index (χ3v) is 3.24. The molecular formula is C15H12N8O5. The van der Waals surface area contributed by atoms with Crippen molar-refractivity contribution in [1.82, 2.24) is 25.8 Å². The first-order valence-electron chi connectivity index (χ1n) is 7.63. The maximum atomic E-state index is 12.0. The highest BCUT2D eigenvalue weighted by molar-refractivity contribution is 5.93. The zero-order valence-corrected chi connectivity index (χ0v) is 13.9. The second-order valence-electron chi connectivity index (χ2n) is 5.03. The van der Waals surface area contributed by atoms with Gasteiger partial charge in [-0.05, 0) is 24.3 Å². The molecule has 0 saturated heterocycles. The standard InChI is InChI=1S/C15H12N8O5/c24-14(9-4-1-2-6-16-9)21-19-12-11(23(26)27)13(18-8-17-12)20-22-15(25)10-5-3-7-28-10/h1-8H,(H,21,24)(H,22,25)(H2,17,18,19,20). The summed E-state index contributed by atoms with van der Waals surface area (Å²) in [4.78, 5) is 45.8. The minimum absolute atomic E-state index is 0.00909. The van der Waals surface area contributed by atoms with Crippen molar-refractivity contribution in [3.8, 4) is 0 Å². The number of pyridine rings is 1. The van der Waals surface area contributed by atoms with E-state index < -0.39 is 22.4 Å². The third-order valence-electron chi connectivity index (χ3n) is 3.24. The molecule has 13 heteroatoms. The number of hydrazine groups is 2. The first kappa shape index (κ1) is 18.2. The molecule has 0 spiro atoms. The molecule has 28 heavy (non-hydrogen) atoms. The summed E-state index contributed by atoms with van der Waals surface area (Å²) < 4.78 is 4.91. The number of nitrogens with one attached hydrogen (secondary N) is 4. The number of anilines is 2. The lowest BCUT2D eigenvalue weighted by Gasteiger charge is -2.10. The average molecular weight is 384 g/mol. The number of rotatable bonds is 7. The molecule has 4 N–H and O–H groups in total. The summed E-state index contributed by atoms with van der Waals surface area (Å²) in [6, 6.07) is 7.62. The Labute approximate surface area is 156 Å². The third kappa shape index (κ3) is 4.16. The Kier molecular flexibility index (Phi) is 5.36. The molecule has 0 aliphatic rings. The summed E-state index contributed by atoms with van der Waals surface area (Å²) in [5.74, 6) is -1.93. The summed E-state index contributed by atoms with van der Waals surface area (Å²) in [7, 11) is 0. The van der Waals surface area contributed by atoms with Crippen LogP contribution in [-0.4, -0.2) is 31.7 Å². The van der Waals surface area contributed by atoms with Gasteiger partial charge in [0.25, 0.3) is 5.91 Å². The predicted octanol–water partition coefficient (Wildman–Crippen LogP) is 0.887. The maximum Gasteiger partial charge on any atom is 0.356 e. The Hall–Kier alpha value is -4.55. The van der Waals surface area contributed by atoms with Crippen molar-refractivity contribution < 1.29 is 18.9 Å². The number of hydrogen-bond acceptors (Lipinski definition) is 10. The number of carbonyl (C=O) groups is 2. The summed E-state index contributed by atoms with van der Waals surface area (Å²) in [6.45, 7) is 0. The lowest BCUT2D eigenvalue weighted by atomic mass is 10.3. The Morgan fingerprint density at radius 2 is 1.68 bits per heavy atom. The van der Waals surface area contributed by atoms with E-state index in [0.717, 1.165) is 6.33 Å². The topological polar surface area (TPSA) is 177 Å². The first-order chi connectivity index (χ1) is 13.6. The molecule has 0 bridgehead atoms. The summed E-state index contributed by atoms with van der Waals surface area (Å²) >= 11 is 0. The lowest BCUT2D eigenvalue weighted by Crippen LogP contribution is -2.32. The zero-order valence-electron chi connectivity index (χ0n) is 13.9. The molecule has 13 nitrogen and oxygen atoms in total. The van der Waals surface area contributed by atoms with Crippen LogP contribution < -0.4 is 21.7 Å². The number of amides is 2. The fourth-order valence-electron chi connectivity index (χ4n) is 2.00. The Balaban J connectivity index is 1.73. The highest BCUT2D eigenvalue weighted by Crippen LogP contribution is 2.27. The minimum atomic E-state index is -0.781. The monoisotopic (exact) mass is 384 g/mol. The van der Waals surface area contributed by atoms with Gasteiger partial charge < -0.3 is 4.42 Å². The van der Waals surface area contributed by atoms with Crippen molar-refractivity contribution >= 4 is 29.1 Å². The predicted molar refractivity (Wildman–Crippen MR) is 93.8 cm³/mol. The number of aromatic nitrogens is 3. The van der Waals surface area contributed by atoms with Crippen molar-refractivity contribution in [3.63, 3.8) is 0 Å². The summed E-state index contributed by atoms with van der Waals surface area (Å²) in [5.41, 5.74) is 8.62. The van der Waals surface area contributed by atoms with Gasteiger partial charge in [-0.25, -0.2) is 9.97 Å². The number of carbonyl (C=O) groups excluding carboxylic acids is 2. The van der Waals surface area contributed by atoms with Crippen LogP contribution in [0.2, 0.25) is 0 Å². The van der Waals surface area contributed by atoms with Crippen LogP contribution in [0, 0.1) is 10.1 Å². The molecule has 0 atom stereocenters. The normalized spacial score (nSPS) is 10.0. The van der Waals surface area contributed by atoms with Gasteiger partial charge in [-0.3, -0.25) is 46.4 Å². The Morgan fingerprint density at radius 1 is 0.964 bits per heavy atom. The van der Waals surface area contributed by atoms with E-state index in [2.05, 4.69) is 36.7 Å². The smallest absolute Gasteiger partial charge is 0.356 e. The van der Waals surface area contributed by atoms with Crippen LogP contribution in [0.25, 0.3) is 0 Å². The van der Waals surface area contributed by atoms with Crippen molar-refractivity contribution in [2.75, 3.05) is 10.9 Å². The van der Waals surface area contributed by atoms with Crippen LogP contribution >= 0.6 is 0 Å². The van der Waals surface area contributed by atoms with E-state index in [-0.39, 0.29) is 23.1 Å². The second kappa shape index (κ2) is 8.22. The van der Waals surface area contributed by atoms with Gasteiger partial charge >= 0.3 is 11.6 Å². The van der Waals surface area contributed by atoms with Crippen molar-refractivity contribution in [1.29, 1.82) is 0 Å². The van der Waals surface area contributed by atoms with Gasteiger partial charge in [-0.15, -0.1) is 0 Å². The molecule has 0 unspecified atom stereocenters.